The number of ether oxygens (including phenoxy) is 2. The third-order valence-electron chi connectivity index (χ3n) is 3.74. The molecule has 1 heterocycles. The van der Waals surface area contributed by atoms with Gasteiger partial charge in [-0.2, -0.15) is 8.78 Å². The summed E-state index contributed by atoms with van der Waals surface area (Å²) in [5.74, 6) is -3.17. The van der Waals surface area contributed by atoms with Crippen LogP contribution in [-0.4, -0.2) is 63.1 Å². The molecule has 1 atom stereocenters. The summed E-state index contributed by atoms with van der Waals surface area (Å²) in [6.45, 7) is -4.12. The molecule has 4 N–H and O–H groups in total. The minimum atomic E-state index is -3.22. The molecule has 3 amide bonds. The lowest BCUT2D eigenvalue weighted by Crippen LogP contribution is -2.51. The van der Waals surface area contributed by atoms with Gasteiger partial charge < -0.3 is 25.4 Å². The number of carbonyl (C=O) groups excluding carboxylic acids is 3. The predicted octanol–water partition coefficient (Wildman–Crippen LogP) is 0.298. The Morgan fingerprint density at radius 1 is 1.28 bits per heavy atom. The van der Waals surface area contributed by atoms with Crippen molar-refractivity contribution >= 4 is 29.1 Å². The number of morpholine rings is 1. The van der Waals surface area contributed by atoms with Crippen LogP contribution in [0.4, 0.5) is 28.9 Å². The third kappa shape index (κ3) is 6.29. The SMILES string of the molecule is NC(=O)[C@@H](NCC(F)F)C(=O)Nc1ccc(N2CCOCC2=O)c(OC(F)F)c1. The smallest absolute Gasteiger partial charge is 0.387 e. The zero-order valence-corrected chi connectivity index (χ0v) is 14.9. The molecule has 0 bridgehead atoms. The summed E-state index contributed by atoms with van der Waals surface area (Å²) in [6.07, 6.45) is -2.83. The molecule has 1 aromatic carbocycles. The van der Waals surface area contributed by atoms with E-state index in [-0.39, 0.29) is 31.1 Å². The van der Waals surface area contributed by atoms with Crippen LogP contribution >= 0.6 is 0 Å². The lowest BCUT2D eigenvalue weighted by Gasteiger charge is -2.28. The molecule has 0 unspecified atom stereocenters. The van der Waals surface area contributed by atoms with E-state index < -0.39 is 49.1 Å². The molecule has 1 saturated heterocycles. The van der Waals surface area contributed by atoms with Crippen molar-refractivity contribution in [2.45, 2.75) is 19.1 Å². The van der Waals surface area contributed by atoms with Crippen LogP contribution < -0.4 is 26.0 Å². The second-order valence-electron chi connectivity index (χ2n) is 5.78. The molecule has 0 saturated carbocycles. The van der Waals surface area contributed by atoms with E-state index in [1.54, 1.807) is 0 Å². The highest BCUT2D eigenvalue weighted by atomic mass is 19.3. The first-order chi connectivity index (χ1) is 13.7. The summed E-state index contributed by atoms with van der Waals surface area (Å²) in [4.78, 5) is 36.6. The van der Waals surface area contributed by atoms with Gasteiger partial charge in [0.15, 0.2) is 11.8 Å². The maximum absolute atomic E-state index is 12.8. The number of amides is 3. The van der Waals surface area contributed by atoms with E-state index in [1.807, 2.05) is 5.32 Å². The Kier molecular flexibility index (Phi) is 7.73. The van der Waals surface area contributed by atoms with Crippen molar-refractivity contribution in [1.29, 1.82) is 0 Å². The Labute approximate surface area is 162 Å². The summed E-state index contributed by atoms with van der Waals surface area (Å²) in [6, 6.07) is 1.75. The van der Waals surface area contributed by atoms with E-state index in [1.165, 1.54) is 17.0 Å². The molecule has 1 aliphatic rings. The highest BCUT2D eigenvalue weighted by molar-refractivity contribution is 6.09. The third-order valence-corrected chi connectivity index (χ3v) is 3.74. The molecule has 0 aliphatic carbocycles. The van der Waals surface area contributed by atoms with E-state index in [9.17, 15) is 31.9 Å². The summed E-state index contributed by atoms with van der Waals surface area (Å²) in [5, 5.41) is 4.20. The van der Waals surface area contributed by atoms with Crippen LogP contribution in [0.3, 0.4) is 0 Å². The number of halogens is 4. The number of nitrogens with one attached hydrogen (secondary N) is 2. The van der Waals surface area contributed by atoms with Crippen molar-refractivity contribution in [2.24, 2.45) is 5.73 Å². The number of alkyl halides is 4. The molecular weight excluding hydrogens is 404 g/mol. The van der Waals surface area contributed by atoms with Gasteiger partial charge in [0.1, 0.15) is 6.61 Å². The fourth-order valence-corrected chi connectivity index (χ4v) is 2.52. The number of hydrogen-bond donors (Lipinski definition) is 3. The van der Waals surface area contributed by atoms with Gasteiger partial charge in [-0.1, -0.05) is 0 Å². The minimum Gasteiger partial charge on any atom is -0.433 e. The second-order valence-corrected chi connectivity index (χ2v) is 5.78. The van der Waals surface area contributed by atoms with Gasteiger partial charge in [-0.25, -0.2) is 8.78 Å². The number of benzene rings is 1. The zero-order valence-electron chi connectivity index (χ0n) is 14.9. The summed E-state index contributed by atoms with van der Waals surface area (Å²) in [7, 11) is 0. The molecular formula is C16H18F4N4O5. The maximum Gasteiger partial charge on any atom is 0.387 e. The standard InChI is InChI=1S/C16H18F4N4O5/c17-11(18)6-22-13(14(21)26)15(27)23-8-1-2-9(10(5-8)29-16(19)20)24-3-4-28-7-12(24)25/h1-2,5,11,13,16,22H,3-4,6-7H2,(H2,21,26)(H,23,27)/t13-/m1/s1. The van der Waals surface area contributed by atoms with E-state index in [4.69, 9.17) is 10.5 Å². The molecule has 1 aliphatic heterocycles. The Morgan fingerprint density at radius 2 is 2.00 bits per heavy atom. The van der Waals surface area contributed by atoms with Gasteiger partial charge in [-0.05, 0) is 12.1 Å². The molecule has 1 aromatic rings. The maximum atomic E-state index is 12.8. The Balaban J connectivity index is 2.23. The summed E-state index contributed by atoms with van der Waals surface area (Å²) >= 11 is 0. The first-order valence-corrected chi connectivity index (χ1v) is 8.27. The Bertz CT molecular complexity index is 765. The lowest BCUT2D eigenvalue weighted by atomic mass is 10.2. The van der Waals surface area contributed by atoms with Crippen molar-refractivity contribution in [1.82, 2.24) is 5.32 Å². The van der Waals surface area contributed by atoms with E-state index in [0.717, 1.165) is 6.07 Å². The lowest BCUT2D eigenvalue weighted by molar-refractivity contribution is -0.128. The molecule has 160 valence electrons. The van der Waals surface area contributed by atoms with Crippen LogP contribution in [0.5, 0.6) is 5.75 Å². The van der Waals surface area contributed by atoms with Crippen LogP contribution in [0.25, 0.3) is 0 Å². The molecule has 29 heavy (non-hydrogen) atoms. The first-order valence-electron chi connectivity index (χ1n) is 8.27. The van der Waals surface area contributed by atoms with Crippen LogP contribution in [0, 0.1) is 0 Å². The van der Waals surface area contributed by atoms with Gasteiger partial charge in [-0.3, -0.25) is 19.7 Å². The fourth-order valence-electron chi connectivity index (χ4n) is 2.52. The van der Waals surface area contributed by atoms with Crippen molar-refractivity contribution in [2.75, 3.05) is 36.5 Å². The molecule has 0 aromatic heterocycles. The monoisotopic (exact) mass is 422 g/mol. The predicted molar refractivity (Wildman–Crippen MR) is 91.9 cm³/mol. The van der Waals surface area contributed by atoms with Crippen LogP contribution in [0.1, 0.15) is 0 Å². The fraction of sp³-hybridized carbons (Fsp3) is 0.438. The highest BCUT2D eigenvalue weighted by Gasteiger charge is 2.27. The van der Waals surface area contributed by atoms with Gasteiger partial charge in [0.2, 0.25) is 5.91 Å². The Hall–Kier alpha value is -2.93. The van der Waals surface area contributed by atoms with E-state index >= 15 is 0 Å². The number of nitrogens with two attached hydrogens (primary N) is 1. The van der Waals surface area contributed by atoms with Crippen LogP contribution in [0.2, 0.25) is 0 Å². The number of hydrogen-bond acceptors (Lipinski definition) is 6. The Morgan fingerprint density at radius 3 is 2.59 bits per heavy atom. The molecule has 2 rings (SSSR count). The number of anilines is 2. The first kappa shape index (κ1) is 22.4. The van der Waals surface area contributed by atoms with Crippen LogP contribution in [0.15, 0.2) is 18.2 Å². The van der Waals surface area contributed by atoms with Crippen molar-refractivity contribution in [3.05, 3.63) is 18.2 Å². The minimum absolute atomic E-state index is 0.0267. The second kappa shape index (κ2) is 10.0. The largest absolute Gasteiger partial charge is 0.433 e. The molecule has 9 nitrogen and oxygen atoms in total. The molecule has 1 fully saturated rings. The normalized spacial score (nSPS) is 15.5. The van der Waals surface area contributed by atoms with Gasteiger partial charge >= 0.3 is 6.61 Å². The van der Waals surface area contributed by atoms with Crippen LogP contribution in [-0.2, 0) is 19.1 Å². The number of primary amides is 1. The van der Waals surface area contributed by atoms with Crippen molar-refractivity contribution < 1.29 is 41.4 Å². The van der Waals surface area contributed by atoms with Crippen molar-refractivity contribution in [3.8, 4) is 5.75 Å². The van der Waals surface area contributed by atoms with Gasteiger partial charge in [0, 0.05) is 18.3 Å². The van der Waals surface area contributed by atoms with Gasteiger partial charge in [0.05, 0.1) is 18.8 Å². The van der Waals surface area contributed by atoms with E-state index in [2.05, 4.69) is 10.1 Å². The summed E-state index contributed by atoms with van der Waals surface area (Å²) < 4.78 is 59.6. The quantitative estimate of drug-likeness (QED) is 0.389. The topological polar surface area (TPSA) is 123 Å². The van der Waals surface area contributed by atoms with Gasteiger partial charge in [0.25, 0.3) is 18.2 Å². The van der Waals surface area contributed by atoms with Gasteiger partial charge in [-0.15, -0.1) is 0 Å². The number of nitrogens with zero attached hydrogens (tertiary/aromatic N) is 1. The zero-order chi connectivity index (χ0) is 21.6. The summed E-state index contributed by atoms with van der Waals surface area (Å²) in [5.41, 5.74) is 4.97. The molecule has 13 heteroatoms. The average Bonchev–Trinajstić information content (AvgIpc) is 2.62. The van der Waals surface area contributed by atoms with E-state index in [0.29, 0.717) is 0 Å². The highest BCUT2D eigenvalue weighted by Crippen LogP contribution is 2.33. The van der Waals surface area contributed by atoms with Crippen molar-refractivity contribution in [3.63, 3.8) is 0 Å². The average molecular weight is 422 g/mol. The number of rotatable bonds is 9. The molecule has 0 spiro atoms. The molecule has 0 radical (unpaired) electrons. The number of carbonyl (C=O) groups is 3.